The van der Waals surface area contributed by atoms with Gasteiger partial charge in [-0.25, -0.2) is 0 Å². The second-order valence-corrected chi connectivity index (χ2v) is 4.78. The van der Waals surface area contributed by atoms with Crippen LogP contribution in [0.25, 0.3) is 0 Å². The third-order valence-corrected chi connectivity index (χ3v) is 3.51. The predicted octanol–water partition coefficient (Wildman–Crippen LogP) is 2.74. The fourth-order valence-electron chi connectivity index (χ4n) is 2.48. The third-order valence-electron chi connectivity index (χ3n) is 3.51. The van der Waals surface area contributed by atoms with Crippen LogP contribution >= 0.6 is 0 Å². The zero-order valence-corrected chi connectivity index (χ0v) is 11.1. The van der Waals surface area contributed by atoms with Crippen LogP contribution in [-0.2, 0) is 4.79 Å². The minimum Gasteiger partial charge on any atom is -0.384 e. The molecule has 0 saturated heterocycles. The Labute approximate surface area is 120 Å². The normalized spacial score (nSPS) is 15.9. The van der Waals surface area contributed by atoms with Gasteiger partial charge in [-0.05, 0) is 17.7 Å². The van der Waals surface area contributed by atoms with E-state index >= 15 is 0 Å². The molecule has 6 heteroatoms. The molecule has 0 aliphatic carbocycles. The molecule has 6 nitrogen and oxygen atoms in total. The van der Waals surface area contributed by atoms with Crippen LogP contribution in [-0.4, -0.2) is 17.4 Å². The largest absolute Gasteiger partial charge is 0.384 e. The van der Waals surface area contributed by atoms with E-state index in [9.17, 15) is 14.9 Å². The van der Waals surface area contributed by atoms with Crippen LogP contribution in [0, 0.1) is 10.1 Å². The van der Waals surface area contributed by atoms with Crippen molar-refractivity contribution >= 4 is 23.0 Å². The fourth-order valence-corrected chi connectivity index (χ4v) is 2.48. The molecule has 106 valence electrons. The molecule has 1 aliphatic heterocycles. The van der Waals surface area contributed by atoms with Crippen molar-refractivity contribution in [2.75, 3.05) is 17.2 Å². The molecule has 1 unspecified atom stereocenters. The van der Waals surface area contributed by atoms with Crippen LogP contribution in [0.15, 0.2) is 48.5 Å². The van der Waals surface area contributed by atoms with Gasteiger partial charge in [-0.15, -0.1) is 0 Å². The van der Waals surface area contributed by atoms with Gasteiger partial charge >= 0.3 is 0 Å². The van der Waals surface area contributed by atoms with E-state index in [0.717, 1.165) is 11.3 Å². The number of nitrogens with one attached hydrogen (secondary N) is 2. The second kappa shape index (κ2) is 5.24. The first-order valence-electron chi connectivity index (χ1n) is 6.54. The Morgan fingerprint density at radius 2 is 1.90 bits per heavy atom. The predicted molar refractivity (Wildman–Crippen MR) is 79.4 cm³/mol. The Balaban J connectivity index is 1.84. The van der Waals surface area contributed by atoms with Gasteiger partial charge in [0.2, 0.25) is 5.91 Å². The van der Waals surface area contributed by atoms with Gasteiger partial charge in [-0.1, -0.05) is 30.3 Å². The third kappa shape index (κ3) is 2.43. The number of carbonyl (C=O) groups is 1. The van der Waals surface area contributed by atoms with E-state index < -0.39 is 4.92 Å². The molecule has 1 heterocycles. The molecule has 2 aromatic carbocycles. The van der Waals surface area contributed by atoms with Gasteiger partial charge < -0.3 is 10.6 Å². The maximum Gasteiger partial charge on any atom is 0.292 e. The topological polar surface area (TPSA) is 84.3 Å². The van der Waals surface area contributed by atoms with Crippen LogP contribution < -0.4 is 10.6 Å². The van der Waals surface area contributed by atoms with Gasteiger partial charge in [0, 0.05) is 18.3 Å². The first-order chi connectivity index (χ1) is 10.2. The molecule has 3 rings (SSSR count). The highest BCUT2D eigenvalue weighted by Crippen LogP contribution is 2.32. The van der Waals surface area contributed by atoms with Crippen molar-refractivity contribution in [3.05, 3.63) is 64.2 Å². The standard InChI is InChI=1S/C15H13N3O3/c19-15(11-9-16-12-6-2-1-5-10(11)12)17-13-7-3-4-8-14(13)18(20)21/h1-8,11,16H,9H2,(H,17,19). The van der Waals surface area contributed by atoms with Gasteiger partial charge in [0.25, 0.3) is 5.69 Å². The van der Waals surface area contributed by atoms with Gasteiger partial charge in [-0.2, -0.15) is 0 Å². The summed E-state index contributed by atoms with van der Waals surface area (Å²) < 4.78 is 0. The quantitative estimate of drug-likeness (QED) is 0.670. The zero-order chi connectivity index (χ0) is 14.8. The fraction of sp³-hybridized carbons (Fsp3) is 0.133. The Hall–Kier alpha value is -2.89. The van der Waals surface area contributed by atoms with Crippen molar-refractivity contribution < 1.29 is 9.72 Å². The number of hydrogen-bond donors (Lipinski definition) is 2. The Morgan fingerprint density at radius 3 is 2.71 bits per heavy atom. The number of anilines is 2. The molecule has 2 aromatic rings. The lowest BCUT2D eigenvalue weighted by atomic mass is 10.0. The number of hydrogen-bond acceptors (Lipinski definition) is 4. The number of nitro benzene ring substituents is 1. The van der Waals surface area contributed by atoms with Crippen LogP contribution in [0.3, 0.4) is 0 Å². The molecular weight excluding hydrogens is 270 g/mol. The summed E-state index contributed by atoms with van der Waals surface area (Å²) in [4.78, 5) is 22.8. The SMILES string of the molecule is O=C(Nc1ccccc1[N+](=O)[O-])C1CNc2ccccc21. The molecule has 0 radical (unpaired) electrons. The first kappa shape index (κ1) is 13.1. The average molecular weight is 283 g/mol. The smallest absolute Gasteiger partial charge is 0.292 e. The minimum absolute atomic E-state index is 0.106. The summed E-state index contributed by atoms with van der Waals surface area (Å²) in [5.74, 6) is -0.595. The van der Waals surface area contributed by atoms with Crippen molar-refractivity contribution in [1.29, 1.82) is 0 Å². The monoisotopic (exact) mass is 283 g/mol. The molecule has 21 heavy (non-hydrogen) atoms. The highest BCUT2D eigenvalue weighted by atomic mass is 16.6. The average Bonchev–Trinajstić information content (AvgIpc) is 2.91. The molecule has 0 saturated carbocycles. The summed E-state index contributed by atoms with van der Waals surface area (Å²) >= 11 is 0. The Kier molecular flexibility index (Phi) is 3.27. The lowest BCUT2D eigenvalue weighted by molar-refractivity contribution is -0.383. The van der Waals surface area contributed by atoms with E-state index in [1.54, 1.807) is 12.1 Å². The number of para-hydroxylation sites is 3. The zero-order valence-electron chi connectivity index (χ0n) is 11.1. The van der Waals surface area contributed by atoms with Crippen molar-refractivity contribution in [3.8, 4) is 0 Å². The summed E-state index contributed by atoms with van der Waals surface area (Å²) in [7, 11) is 0. The maximum atomic E-state index is 12.4. The lowest BCUT2D eigenvalue weighted by Gasteiger charge is -2.11. The molecule has 2 N–H and O–H groups in total. The van der Waals surface area contributed by atoms with Crippen molar-refractivity contribution in [2.45, 2.75) is 5.92 Å². The summed E-state index contributed by atoms with van der Waals surface area (Å²) in [5.41, 5.74) is 1.95. The molecule has 1 atom stereocenters. The second-order valence-electron chi connectivity index (χ2n) is 4.78. The van der Waals surface area contributed by atoms with E-state index in [1.807, 2.05) is 24.3 Å². The number of benzene rings is 2. The highest BCUT2D eigenvalue weighted by Gasteiger charge is 2.29. The Bertz CT molecular complexity index is 715. The number of amides is 1. The maximum absolute atomic E-state index is 12.4. The highest BCUT2D eigenvalue weighted by molar-refractivity contribution is 5.99. The van der Waals surface area contributed by atoms with Crippen LogP contribution in [0.1, 0.15) is 11.5 Å². The van der Waals surface area contributed by atoms with Crippen LogP contribution in [0.4, 0.5) is 17.1 Å². The number of fused-ring (bicyclic) bond motifs is 1. The molecule has 1 amide bonds. The van der Waals surface area contributed by atoms with Gasteiger partial charge in [0.15, 0.2) is 0 Å². The Morgan fingerprint density at radius 1 is 1.19 bits per heavy atom. The minimum atomic E-state index is -0.504. The van der Waals surface area contributed by atoms with E-state index in [2.05, 4.69) is 10.6 Å². The van der Waals surface area contributed by atoms with Crippen molar-refractivity contribution in [1.82, 2.24) is 0 Å². The number of rotatable bonds is 3. The van der Waals surface area contributed by atoms with Crippen molar-refractivity contribution in [2.24, 2.45) is 0 Å². The van der Waals surface area contributed by atoms with Crippen molar-refractivity contribution in [3.63, 3.8) is 0 Å². The number of nitrogens with zero attached hydrogens (tertiary/aromatic N) is 1. The van der Waals surface area contributed by atoms with Gasteiger partial charge in [-0.3, -0.25) is 14.9 Å². The first-order valence-corrected chi connectivity index (χ1v) is 6.54. The van der Waals surface area contributed by atoms with Gasteiger partial charge in [0.05, 0.1) is 10.8 Å². The number of nitro groups is 1. The van der Waals surface area contributed by atoms with E-state index in [0.29, 0.717) is 6.54 Å². The molecule has 0 spiro atoms. The van der Waals surface area contributed by atoms with E-state index in [4.69, 9.17) is 0 Å². The van der Waals surface area contributed by atoms with Gasteiger partial charge in [0.1, 0.15) is 5.69 Å². The van der Waals surface area contributed by atoms with Crippen LogP contribution in [0.2, 0.25) is 0 Å². The lowest BCUT2D eigenvalue weighted by Crippen LogP contribution is -2.22. The molecule has 0 aromatic heterocycles. The van der Waals surface area contributed by atoms with E-state index in [-0.39, 0.29) is 23.2 Å². The summed E-state index contributed by atoms with van der Waals surface area (Å²) in [6.45, 7) is 0.492. The molecule has 0 bridgehead atoms. The molecule has 1 aliphatic rings. The van der Waals surface area contributed by atoms with E-state index in [1.165, 1.54) is 12.1 Å². The summed E-state index contributed by atoms with van der Waals surface area (Å²) in [6.07, 6.45) is 0. The summed E-state index contributed by atoms with van der Waals surface area (Å²) in [6, 6.07) is 13.7. The summed E-state index contributed by atoms with van der Waals surface area (Å²) in [5, 5.41) is 16.8. The van der Waals surface area contributed by atoms with Crippen LogP contribution in [0.5, 0.6) is 0 Å². The number of carbonyl (C=O) groups excluding carboxylic acids is 1. The molecule has 0 fully saturated rings. The molecular formula is C15H13N3O3.